The van der Waals surface area contributed by atoms with Crippen molar-refractivity contribution in [1.82, 2.24) is 0 Å². The lowest BCUT2D eigenvalue weighted by Crippen LogP contribution is -1.98. The molecule has 0 saturated carbocycles. The van der Waals surface area contributed by atoms with E-state index in [0.29, 0.717) is 11.1 Å². The van der Waals surface area contributed by atoms with Gasteiger partial charge in [0.05, 0.1) is 5.56 Å². The summed E-state index contributed by atoms with van der Waals surface area (Å²) in [7, 11) is 0. The van der Waals surface area contributed by atoms with Crippen molar-refractivity contribution in [2.24, 2.45) is 0 Å². The van der Waals surface area contributed by atoms with Gasteiger partial charge in [-0.25, -0.2) is 4.79 Å². The molecule has 0 atom stereocenters. The summed E-state index contributed by atoms with van der Waals surface area (Å²) in [5.41, 5.74) is 3.69. The van der Waals surface area contributed by atoms with E-state index in [2.05, 4.69) is 0 Å². The molecule has 0 amide bonds. The number of carboxylic acid groups (broad SMARTS) is 1. The number of fused-ring (bicyclic) bond motifs is 3. The molecule has 0 bridgehead atoms. The number of furan rings is 1. The fourth-order valence-corrected chi connectivity index (χ4v) is 2.26. The third-order valence-corrected chi connectivity index (χ3v) is 3.20. The van der Waals surface area contributed by atoms with Gasteiger partial charge in [-0.3, -0.25) is 0 Å². The molecule has 3 heteroatoms. The molecule has 18 heavy (non-hydrogen) atoms. The summed E-state index contributed by atoms with van der Waals surface area (Å²) >= 11 is 0. The van der Waals surface area contributed by atoms with Crippen LogP contribution < -0.4 is 0 Å². The van der Waals surface area contributed by atoms with Gasteiger partial charge in [0.15, 0.2) is 0 Å². The largest absolute Gasteiger partial charge is 0.478 e. The Bertz CT molecular complexity index is 781. The highest BCUT2D eigenvalue weighted by Gasteiger charge is 2.13. The Balaban J connectivity index is 2.45. The average Bonchev–Trinajstić information content (AvgIpc) is 2.63. The second kappa shape index (κ2) is 3.60. The number of carboxylic acids is 1. The maximum absolute atomic E-state index is 11.1. The summed E-state index contributed by atoms with van der Waals surface area (Å²) < 4.78 is 5.76. The molecule has 0 spiro atoms. The van der Waals surface area contributed by atoms with E-state index >= 15 is 0 Å². The van der Waals surface area contributed by atoms with Crippen molar-refractivity contribution in [2.45, 2.75) is 13.8 Å². The van der Waals surface area contributed by atoms with E-state index in [4.69, 9.17) is 9.52 Å². The Kier molecular flexibility index (Phi) is 2.17. The standard InChI is InChI=1S/C15H12O3/c1-8-3-4-10-12-7-11(15(16)17)9(2)6-14(12)18-13(10)5-8/h3-7H,1-2H3,(H,16,17). The minimum absolute atomic E-state index is 0.325. The van der Waals surface area contributed by atoms with Crippen LogP contribution in [0.5, 0.6) is 0 Å². The van der Waals surface area contributed by atoms with Gasteiger partial charge in [0.2, 0.25) is 0 Å². The van der Waals surface area contributed by atoms with Crippen LogP contribution in [-0.4, -0.2) is 11.1 Å². The lowest BCUT2D eigenvalue weighted by molar-refractivity contribution is 0.0696. The Morgan fingerprint density at radius 3 is 2.50 bits per heavy atom. The molecule has 3 nitrogen and oxygen atoms in total. The highest BCUT2D eigenvalue weighted by Crippen LogP contribution is 2.31. The second-order valence-corrected chi connectivity index (χ2v) is 4.57. The molecule has 1 N–H and O–H groups in total. The number of hydrogen-bond acceptors (Lipinski definition) is 2. The summed E-state index contributed by atoms with van der Waals surface area (Å²) in [5.74, 6) is -0.907. The van der Waals surface area contributed by atoms with Crippen molar-refractivity contribution >= 4 is 27.9 Å². The first kappa shape index (κ1) is 10.8. The van der Waals surface area contributed by atoms with E-state index in [1.54, 1.807) is 19.1 Å². The zero-order valence-electron chi connectivity index (χ0n) is 10.2. The summed E-state index contributed by atoms with van der Waals surface area (Å²) in [6, 6.07) is 9.41. The van der Waals surface area contributed by atoms with Crippen molar-refractivity contribution in [2.75, 3.05) is 0 Å². The number of rotatable bonds is 1. The first-order chi connectivity index (χ1) is 8.56. The van der Waals surface area contributed by atoms with Crippen LogP contribution in [-0.2, 0) is 0 Å². The normalized spacial score (nSPS) is 11.2. The van der Waals surface area contributed by atoms with Crippen LogP contribution in [0.4, 0.5) is 0 Å². The minimum Gasteiger partial charge on any atom is -0.478 e. The van der Waals surface area contributed by atoms with Crippen molar-refractivity contribution in [3.63, 3.8) is 0 Å². The van der Waals surface area contributed by atoms with Gasteiger partial charge in [-0.1, -0.05) is 12.1 Å². The SMILES string of the molecule is Cc1ccc2c(c1)oc1cc(C)c(C(=O)O)cc12. The molecular weight excluding hydrogens is 228 g/mol. The molecule has 1 aromatic heterocycles. The van der Waals surface area contributed by atoms with E-state index in [9.17, 15) is 4.79 Å². The van der Waals surface area contributed by atoms with Crippen LogP contribution in [0.25, 0.3) is 21.9 Å². The Morgan fingerprint density at radius 1 is 1.06 bits per heavy atom. The van der Waals surface area contributed by atoms with Gasteiger partial charge in [0.25, 0.3) is 0 Å². The minimum atomic E-state index is -0.907. The van der Waals surface area contributed by atoms with Gasteiger partial charge in [-0.2, -0.15) is 0 Å². The fraction of sp³-hybridized carbons (Fsp3) is 0.133. The molecule has 3 rings (SSSR count). The summed E-state index contributed by atoms with van der Waals surface area (Å²) in [6.07, 6.45) is 0. The molecular formula is C15H12O3. The summed E-state index contributed by atoms with van der Waals surface area (Å²) in [5, 5.41) is 11.0. The predicted molar refractivity (Wildman–Crippen MR) is 70.2 cm³/mol. The number of aromatic carboxylic acids is 1. The highest BCUT2D eigenvalue weighted by atomic mass is 16.4. The lowest BCUT2D eigenvalue weighted by atomic mass is 10.0. The number of aryl methyl sites for hydroxylation is 2. The molecule has 3 aromatic rings. The van der Waals surface area contributed by atoms with Gasteiger partial charge in [-0.15, -0.1) is 0 Å². The summed E-state index contributed by atoms with van der Waals surface area (Å²) in [4.78, 5) is 11.1. The molecule has 90 valence electrons. The molecule has 0 unspecified atom stereocenters. The van der Waals surface area contributed by atoms with Gasteiger partial charge >= 0.3 is 5.97 Å². The third kappa shape index (κ3) is 1.48. The highest BCUT2D eigenvalue weighted by molar-refractivity contribution is 6.08. The molecule has 0 radical (unpaired) electrons. The van der Waals surface area contributed by atoms with Crippen LogP contribution in [0.1, 0.15) is 21.5 Å². The van der Waals surface area contributed by atoms with E-state index in [-0.39, 0.29) is 0 Å². The van der Waals surface area contributed by atoms with Crippen LogP contribution in [0.15, 0.2) is 34.7 Å². The molecule has 0 aliphatic heterocycles. The van der Waals surface area contributed by atoms with Crippen LogP contribution >= 0.6 is 0 Å². The zero-order chi connectivity index (χ0) is 12.9. The van der Waals surface area contributed by atoms with Crippen LogP contribution in [0.2, 0.25) is 0 Å². The molecule has 0 saturated heterocycles. The van der Waals surface area contributed by atoms with Gasteiger partial charge < -0.3 is 9.52 Å². The van der Waals surface area contributed by atoms with Gasteiger partial charge in [-0.05, 0) is 43.2 Å². The molecule has 0 fully saturated rings. The van der Waals surface area contributed by atoms with E-state index in [1.807, 2.05) is 25.1 Å². The maximum atomic E-state index is 11.1. The number of carbonyl (C=O) groups is 1. The van der Waals surface area contributed by atoms with E-state index in [1.165, 1.54) is 0 Å². The maximum Gasteiger partial charge on any atom is 0.335 e. The van der Waals surface area contributed by atoms with Crippen molar-refractivity contribution in [3.05, 3.63) is 47.0 Å². The fourth-order valence-electron chi connectivity index (χ4n) is 2.26. The van der Waals surface area contributed by atoms with Crippen LogP contribution in [0, 0.1) is 13.8 Å². The first-order valence-corrected chi connectivity index (χ1v) is 5.73. The number of hydrogen-bond donors (Lipinski definition) is 1. The Labute approximate surface area is 104 Å². The van der Waals surface area contributed by atoms with Gasteiger partial charge in [0.1, 0.15) is 11.2 Å². The smallest absolute Gasteiger partial charge is 0.335 e. The Hall–Kier alpha value is -2.29. The zero-order valence-corrected chi connectivity index (χ0v) is 10.2. The average molecular weight is 240 g/mol. The van der Waals surface area contributed by atoms with E-state index < -0.39 is 5.97 Å². The Morgan fingerprint density at radius 2 is 1.78 bits per heavy atom. The monoisotopic (exact) mass is 240 g/mol. The molecule has 1 heterocycles. The molecule has 0 aliphatic rings. The van der Waals surface area contributed by atoms with E-state index in [0.717, 1.165) is 27.5 Å². The van der Waals surface area contributed by atoms with Crippen molar-refractivity contribution in [1.29, 1.82) is 0 Å². The summed E-state index contributed by atoms with van der Waals surface area (Å²) in [6.45, 7) is 3.78. The topological polar surface area (TPSA) is 50.4 Å². The molecule has 0 aliphatic carbocycles. The van der Waals surface area contributed by atoms with Crippen LogP contribution in [0.3, 0.4) is 0 Å². The first-order valence-electron chi connectivity index (χ1n) is 5.73. The quantitative estimate of drug-likeness (QED) is 0.701. The molecule has 2 aromatic carbocycles. The predicted octanol–water partition coefficient (Wildman–Crippen LogP) is 3.90. The van der Waals surface area contributed by atoms with Crippen molar-refractivity contribution < 1.29 is 14.3 Å². The second-order valence-electron chi connectivity index (χ2n) is 4.57. The lowest BCUT2D eigenvalue weighted by Gasteiger charge is -1.99. The van der Waals surface area contributed by atoms with Crippen molar-refractivity contribution in [3.8, 4) is 0 Å². The number of benzene rings is 2. The third-order valence-electron chi connectivity index (χ3n) is 3.20. The van der Waals surface area contributed by atoms with Gasteiger partial charge in [0, 0.05) is 10.8 Å².